The molecule has 0 unspecified atom stereocenters. The first-order valence-electron chi connectivity index (χ1n) is 9.11. The average Bonchev–Trinajstić information content (AvgIpc) is 3.16. The number of halogens is 1. The highest BCUT2D eigenvalue weighted by Gasteiger charge is 2.48. The van der Waals surface area contributed by atoms with Crippen LogP contribution < -0.4 is 4.74 Å². The summed E-state index contributed by atoms with van der Waals surface area (Å²) in [5.41, 5.74) is 3.76. The summed E-state index contributed by atoms with van der Waals surface area (Å²) in [7, 11) is 0. The van der Waals surface area contributed by atoms with Gasteiger partial charge in [-0.15, -0.1) is 0 Å². The van der Waals surface area contributed by atoms with Crippen LogP contribution in [-0.4, -0.2) is 10.7 Å². The zero-order chi connectivity index (χ0) is 18.4. The fraction of sp³-hybridized carbons (Fsp3) is 0.174. The second kappa shape index (κ2) is 6.14. The molecule has 2 aliphatic heterocycles. The molecule has 0 bridgehead atoms. The Kier molecular flexibility index (Phi) is 3.73. The zero-order valence-corrected chi connectivity index (χ0v) is 15.7. The smallest absolute Gasteiger partial charge is 0.221 e. The SMILES string of the molecule is C[C@@]1(c2ccc(Cl)cc2)Oc2ccccc2[C@H]2CC(c3ccccc3)=NN21. The summed E-state index contributed by atoms with van der Waals surface area (Å²) in [6.07, 6.45) is 0.855. The van der Waals surface area contributed by atoms with Crippen LogP contribution >= 0.6 is 11.6 Å². The Labute approximate surface area is 163 Å². The molecule has 0 N–H and O–H groups in total. The molecule has 0 fully saturated rings. The van der Waals surface area contributed by atoms with E-state index in [2.05, 4.69) is 48.3 Å². The van der Waals surface area contributed by atoms with Crippen molar-refractivity contribution in [3.8, 4) is 5.75 Å². The molecule has 2 atom stereocenters. The molecule has 134 valence electrons. The summed E-state index contributed by atoms with van der Waals surface area (Å²) in [5, 5.41) is 7.85. The lowest BCUT2D eigenvalue weighted by atomic mass is 9.92. The van der Waals surface area contributed by atoms with Gasteiger partial charge < -0.3 is 4.74 Å². The summed E-state index contributed by atoms with van der Waals surface area (Å²) < 4.78 is 6.52. The summed E-state index contributed by atoms with van der Waals surface area (Å²) in [5.74, 6) is 0.917. The topological polar surface area (TPSA) is 24.8 Å². The maximum absolute atomic E-state index is 6.52. The van der Waals surface area contributed by atoms with Crippen LogP contribution in [0.3, 0.4) is 0 Å². The van der Waals surface area contributed by atoms with Crippen LogP contribution in [-0.2, 0) is 5.72 Å². The van der Waals surface area contributed by atoms with Gasteiger partial charge in [-0.2, -0.15) is 5.10 Å². The molecule has 4 heteroatoms. The van der Waals surface area contributed by atoms with Crippen molar-refractivity contribution in [2.24, 2.45) is 5.10 Å². The van der Waals surface area contributed by atoms with Crippen molar-refractivity contribution in [1.29, 1.82) is 0 Å². The molecule has 2 heterocycles. The van der Waals surface area contributed by atoms with Gasteiger partial charge >= 0.3 is 0 Å². The fourth-order valence-electron chi connectivity index (χ4n) is 4.01. The van der Waals surface area contributed by atoms with Crippen molar-refractivity contribution in [1.82, 2.24) is 5.01 Å². The number of benzene rings is 3. The molecular weight excluding hydrogens is 356 g/mol. The van der Waals surface area contributed by atoms with Gasteiger partial charge in [0, 0.05) is 29.5 Å². The number of hydrazone groups is 1. The van der Waals surface area contributed by atoms with Crippen molar-refractivity contribution in [2.75, 3.05) is 0 Å². The highest BCUT2D eigenvalue weighted by atomic mass is 35.5. The molecule has 0 spiro atoms. The minimum absolute atomic E-state index is 0.144. The highest BCUT2D eigenvalue weighted by molar-refractivity contribution is 6.30. The predicted molar refractivity (Wildman–Crippen MR) is 108 cm³/mol. The molecule has 27 heavy (non-hydrogen) atoms. The highest BCUT2D eigenvalue weighted by Crippen LogP contribution is 2.50. The van der Waals surface area contributed by atoms with Gasteiger partial charge in [0.25, 0.3) is 0 Å². The molecule has 0 aromatic heterocycles. The molecular formula is C23H19ClN2O. The van der Waals surface area contributed by atoms with Crippen LogP contribution in [0.5, 0.6) is 5.75 Å². The van der Waals surface area contributed by atoms with Gasteiger partial charge in [-0.1, -0.05) is 72.3 Å². The quantitative estimate of drug-likeness (QED) is 0.570. The average molecular weight is 375 g/mol. The van der Waals surface area contributed by atoms with Gasteiger partial charge in [-0.3, -0.25) is 0 Å². The predicted octanol–water partition coefficient (Wildman–Crippen LogP) is 5.76. The molecule has 0 radical (unpaired) electrons. The number of rotatable bonds is 2. The Morgan fingerprint density at radius 3 is 2.44 bits per heavy atom. The first kappa shape index (κ1) is 16.4. The maximum atomic E-state index is 6.52. The molecule has 0 amide bonds. The van der Waals surface area contributed by atoms with E-state index >= 15 is 0 Å². The standard InChI is InChI=1S/C23H19ClN2O/c1-23(17-11-13-18(24)14-12-17)26-21(19-9-5-6-10-22(19)27-23)15-20(25-26)16-7-3-2-4-8-16/h2-14,21H,15H2,1H3/t21-,23+/m1/s1. The van der Waals surface area contributed by atoms with Crippen LogP contribution in [0.1, 0.15) is 36.1 Å². The zero-order valence-electron chi connectivity index (χ0n) is 15.0. The van der Waals surface area contributed by atoms with Gasteiger partial charge in [0.05, 0.1) is 11.8 Å². The molecule has 0 saturated heterocycles. The van der Waals surface area contributed by atoms with Crippen molar-refractivity contribution >= 4 is 17.3 Å². The van der Waals surface area contributed by atoms with E-state index < -0.39 is 5.72 Å². The number of nitrogens with zero attached hydrogens (tertiary/aromatic N) is 2. The van der Waals surface area contributed by atoms with Crippen molar-refractivity contribution in [2.45, 2.75) is 25.1 Å². The first-order valence-corrected chi connectivity index (χ1v) is 9.49. The number of ether oxygens (including phenoxy) is 1. The second-order valence-electron chi connectivity index (χ2n) is 7.11. The summed E-state index contributed by atoms with van der Waals surface area (Å²) in [4.78, 5) is 0. The van der Waals surface area contributed by atoms with Crippen LogP contribution in [0, 0.1) is 0 Å². The number of fused-ring (bicyclic) bond motifs is 3. The Balaban J connectivity index is 1.65. The van der Waals surface area contributed by atoms with Gasteiger partial charge in [-0.05, 0) is 23.8 Å². The summed E-state index contributed by atoms with van der Waals surface area (Å²) >= 11 is 6.11. The van der Waals surface area contributed by atoms with Gasteiger partial charge in [0.2, 0.25) is 5.72 Å². The van der Waals surface area contributed by atoms with Crippen molar-refractivity contribution in [3.05, 3.63) is 101 Å². The monoisotopic (exact) mass is 374 g/mol. The van der Waals surface area contributed by atoms with Crippen LogP contribution in [0.4, 0.5) is 0 Å². The Morgan fingerprint density at radius 1 is 0.963 bits per heavy atom. The molecule has 3 nitrogen and oxygen atoms in total. The van der Waals surface area contributed by atoms with Gasteiger partial charge in [-0.25, -0.2) is 5.01 Å². The molecule has 3 aromatic rings. The van der Waals surface area contributed by atoms with E-state index in [0.717, 1.165) is 29.0 Å². The Hall–Kier alpha value is -2.78. The fourth-order valence-corrected chi connectivity index (χ4v) is 4.14. The third-order valence-corrected chi connectivity index (χ3v) is 5.67. The maximum Gasteiger partial charge on any atom is 0.221 e. The van der Waals surface area contributed by atoms with Gasteiger partial charge in [0.15, 0.2) is 0 Å². The van der Waals surface area contributed by atoms with E-state index in [0.29, 0.717) is 5.02 Å². The largest absolute Gasteiger partial charge is 0.462 e. The van der Waals surface area contributed by atoms with E-state index in [1.165, 1.54) is 5.56 Å². The number of hydrogen-bond acceptors (Lipinski definition) is 3. The van der Waals surface area contributed by atoms with Crippen LogP contribution in [0.15, 0.2) is 84.0 Å². The summed E-state index contributed by atoms with van der Waals surface area (Å²) in [6, 6.07) is 26.6. The van der Waals surface area contributed by atoms with Gasteiger partial charge in [0.1, 0.15) is 5.75 Å². The van der Waals surface area contributed by atoms with E-state index in [-0.39, 0.29) is 6.04 Å². The van der Waals surface area contributed by atoms with Crippen LogP contribution in [0.25, 0.3) is 0 Å². The van der Waals surface area contributed by atoms with E-state index in [4.69, 9.17) is 21.4 Å². The van der Waals surface area contributed by atoms with E-state index in [9.17, 15) is 0 Å². The van der Waals surface area contributed by atoms with Crippen molar-refractivity contribution in [3.63, 3.8) is 0 Å². The Bertz CT molecular complexity index is 1020. The molecule has 5 rings (SSSR count). The third-order valence-electron chi connectivity index (χ3n) is 5.42. The Morgan fingerprint density at radius 2 is 1.67 bits per heavy atom. The minimum atomic E-state index is -0.694. The molecule has 0 saturated carbocycles. The normalized spacial score (nSPS) is 23.3. The lowest BCUT2D eigenvalue weighted by molar-refractivity contribution is -0.112. The summed E-state index contributed by atoms with van der Waals surface area (Å²) in [6.45, 7) is 2.08. The molecule has 0 aliphatic carbocycles. The second-order valence-corrected chi connectivity index (χ2v) is 7.54. The minimum Gasteiger partial charge on any atom is -0.462 e. The lowest BCUT2D eigenvalue weighted by Crippen LogP contribution is -2.48. The third kappa shape index (κ3) is 2.62. The number of hydrogen-bond donors (Lipinski definition) is 0. The molecule has 3 aromatic carbocycles. The lowest BCUT2D eigenvalue weighted by Gasteiger charge is -2.46. The first-order chi connectivity index (χ1) is 13.1. The van der Waals surface area contributed by atoms with E-state index in [1.54, 1.807) is 0 Å². The molecule has 2 aliphatic rings. The number of para-hydroxylation sites is 1. The van der Waals surface area contributed by atoms with E-state index in [1.807, 2.05) is 42.5 Å². The van der Waals surface area contributed by atoms with Crippen LogP contribution in [0.2, 0.25) is 5.02 Å². The van der Waals surface area contributed by atoms with Crippen molar-refractivity contribution < 1.29 is 4.74 Å².